The maximum absolute atomic E-state index is 12.4. The SMILES string of the molecule is C=CC1=C(C=C)C(=O)N(C2CCCC(C(=O)OC)CC2)C1. The molecule has 114 valence electrons. The molecule has 4 heteroatoms. The molecule has 2 aliphatic rings. The van der Waals surface area contributed by atoms with Crippen LogP contribution in [0.4, 0.5) is 0 Å². The molecule has 1 aliphatic heterocycles. The van der Waals surface area contributed by atoms with Crippen LogP contribution in [0, 0.1) is 5.92 Å². The predicted octanol–water partition coefficient (Wildman–Crippen LogP) is 2.62. The highest BCUT2D eigenvalue weighted by molar-refractivity contribution is 6.00. The molecule has 2 atom stereocenters. The zero-order valence-corrected chi connectivity index (χ0v) is 12.6. The summed E-state index contributed by atoms with van der Waals surface area (Å²) in [4.78, 5) is 26.0. The van der Waals surface area contributed by atoms with Crippen molar-refractivity contribution in [3.05, 3.63) is 36.5 Å². The summed E-state index contributed by atoms with van der Waals surface area (Å²) in [5.74, 6) is -0.107. The van der Waals surface area contributed by atoms with E-state index in [9.17, 15) is 9.59 Å². The van der Waals surface area contributed by atoms with Gasteiger partial charge in [0.2, 0.25) is 0 Å². The Labute approximate surface area is 126 Å². The fourth-order valence-electron chi connectivity index (χ4n) is 3.32. The van der Waals surface area contributed by atoms with Crippen molar-refractivity contribution in [2.24, 2.45) is 5.92 Å². The number of esters is 1. The van der Waals surface area contributed by atoms with Gasteiger partial charge in [0.25, 0.3) is 5.91 Å². The van der Waals surface area contributed by atoms with Crippen LogP contribution in [0.25, 0.3) is 0 Å². The van der Waals surface area contributed by atoms with Crippen LogP contribution < -0.4 is 0 Å². The summed E-state index contributed by atoms with van der Waals surface area (Å²) in [7, 11) is 1.44. The summed E-state index contributed by atoms with van der Waals surface area (Å²) in [5.41, 5.74) is 1.61. The topological polar surface area (TPSA) is 46.6 Å². The first-order valence-corrected chi connectivity index (χ1v) is 7.49. The Hall–Kier alpha value is -1.84. The highest BCUT2D eigenvalue weighted by Crippen LogP contribution is 2.31. The molecule has 0 aromatic heterocycles. The minimum absolute atomic E-state index is 0.0246. The monoisotopic (exact) mass is 289 g/mol. The fourth-order valence-corrected chi connectivity index (χ4v) is 3.32. The third-order valence-electron chi connectivity index (χ3n) is 4.54. The number of amides is 1. The van der Waals surface area contributed by atoms with Crippen LogP contribution in [0.5, 0.6) is 0 Å². The smallest absolute Gasteiger partial charge is 0.308 e. The van der Waals surface area contributed by atoms with Gasteiger partial charge in [-0.25, -0.2) is 0 Å². The molecule has 0 aromatic carbocycles. The minimum Gasteiger partial charge on any atom is -0.469 e. The summed E-state index contributed by atoms with van der Waals surface area (Å²) in [6, 6.07) is 0.194. The average molecular weight is 289 g/mol. The second-order valence-electron chi connectivity index (χ2n) is 5.66. The molecule has 1 amide bonds. The van der Waals surface area contributed by atoms with Crippen LogP contribution in [0.15, 0.2) is 36.5 Å². The van der Waals surface area contributed by atoms with E-state index < -0.39 is 0 Å². The number of rotatable bonds is 4. The molecule has 1 fully saturated rings. The number of methoxy groups -OCH3 is 1. The van der Waals surface area contributed by atoms with E-state index in [0.717, 1.165) is 37.7 Å². The molecule has 0 N–H and O–H groups in total. The maximum atomic E-state index is 12.4. The van der Waals surface area contributed by atoms with Gasteiger partial charge < -0.3 is 9.64 Å². The Morgan fingerprint density at radius 3 is 2.57 bits per heavy atom. The van der Waals surface area contributed by atoms with E-state index >= 15 is 0 Å². The molecule has 4 nitrogen and oxygen atoms in total. The van der Waals surface area contributed by atoms with Crippen LogP contribution in [0.1, 0.15) is 32.1 Å². The van der Waals surface area contributed by atoms with Gasteiger partial charge in [-0.05, 0) is 31.3 Å². The molecule has 2 unspecified atom stereocenters. The summed E-state index contributed by atoms with van der Waals surface area (Å²) < 4.78 is 4.84. The lowest BCUT2D eigenvalue weighted by molar-refractivity contribution is -0.145. The molecular weight excluding hydrogens is 266 g/mol. The largest absolute Gasteiger partial charge is 0.469 e. The van der Waals surface area contributed by atoms with Crippen LogP contribution in [0.3, 0.4) is 0 Å². The Balaban J connectivity index is 2.04. The van der Waals surface area contributed by atoms with Gasteiger partial charge in [0, 0.05) is 18.2 Å². The molecule has 0 saturated heterocycles. The number of ether oxygens (including phenoxy) is 1. The first-order valence-electron chi connectivity index (χ1n) is 7.49. The van der Waals surface area contributed by atoms with Crippen LogP contribution in [-0.4, -0.2) is 36.5 Å². The van der Waals surface area contributed by atoms with Gasteiger partial charge in [0.1, 0.15) is 0 Å². The normalized spacial score (nSPS) is 26.5. The Morgan fingerprint density at radius 1 is 1.24 bits per heavy atom. The van der Waals surface area contributed by atoms with Crippen molar-refractivity contribution in [1.82, 2.24) is 4.90 Å². The second-order valence-corrected chi connectivity index (χ2v) is 5.66. The lowest BCUT2D eigenvalue weighted by Gasteiger charge is -2.27. The molecule has 0 bridgehead atoms. The van der Waals surface area contributed by atoms with Crippen molar-refractivity contribution < 1.29 is 14.3 Å². The standard InChI is InChI=1S/C17H23NO3/c1-4-12-11-18(16(19)15(12)5-2)14-8-6-7-13(9-10-14)17(20)21-3/h4-5,13-14H,1-2,6-11H2,3H3. The number of hydrogen-bond donors (Lipinski definition) is 0. The molecule has 1 saturated carbocycles. The number of carbonyl (C=O) groups excluding carboxylic acids is 2. The second kappa shape index (κ2) is 6.74. The summed E-state index contributed by atoms with van der Waals surface area (Å²) in [6.07, 6.45) is 7.72. The molecule has 2 rings (SSSR count). The van der Waals surface area contributed by atoms with E-state index in [1.165, 1.54) is 7.11 Å². The van der Waals surface area contributed by atoms with E-state index in [1.807, 2.05) is 4.90 Å². The molecule has 0 aromatic rings. The number of carbonyl (C=O) groups is 2. The van der Waals surface area contributed by atoms with Gasteiger partial charge in [-0.3, -0.25) is 9.59 Å². The molecular formula is C17H23NO3. The van der Waals surface area contributed by atoms with Crippen molar-refractivity contribution in [3.8, 4) is 0 Å². The van der Waals surface area contributed by atoms with Gasteiger partial charge in [-0.15, -0.1) is 0 Å². The van der Waals surface area contributed by atoms with Crippen LogP contribution >= 0.6 is 0 Å². The van der Waals surface area contributed by atoms with E-state index in [0.29, 0.717) is 12.1 Å². The quantitative estimate of drug-likeness (QED) is 0.590. The highest BCUT2D eigenvalue weighted by atomic mass is 16.5. The van der Waals surface area contributed by atoms with E-state index in [-0.39, 0.29) is 23.8 Å². The van der Waals surface area contributed by atoms with Crippen molar-refractivity contribution in [1.29, 1.82) is 0 Å². The van der Waals surface area contributed by atoms with Gasteiger partial charge in [-0.1, -0.05) is 31.7 Å². The van der Waals surface area contributed by atoms with Crippen LogP contribution in [-0.2, 0) is 14.3 Å². The van der Waals surface area contributed by atoms with Crippen LogP contribution in [0.2, 0.25) is 0 Å². The Morgan fingerprint density at radius 2 is 2.00 bits per heavy atom. The van der Waals surface area contributed by atoms with Crippen molar-refractivity contribution in [2.45, 2.75) is 38.1 Å². The van der Waals surface area contributed by atoms with Gasteiger partial charge in [0.05, 0.1) is 13.0 Å². The van der Waals surface area contributed by atoms with E-state index in [2.05, 4.69) is 13.2 Å². The minimum atomic E-state index is -0.125. The van der Waals surface area contributed by atoms with Crippen molar-refractivity contribution >= 4 is 11.9 Å². The van der Waals surface area contributed by atoms with Gasteiger partial charge in [0.15, 0.2) is 0 Å². The Kier molecular flexibility index (Phi) is 4.99. The summed E-state index contributed by atoms with van der Waals surface area (Å²) in [6.45, 7) is 8.10. The zero-order chi connectivity index (χ0) is 15.4. The summed E-state index contributed by atoms with van der Waals surface area (Å²) >= 11 is 0. The zero-order valence-electron chi connectivity index (χ0n) is 12.6. The molecule has 1 aliphatic carbocycles. The first-order chi connectivity index (χ1) is 10.1. The predicted molar refractivity (Wildman–Crippen MR) is 81.5 cm³/mol. The van der Waals surface area contributed by atoms with Crippen molar-refractivity contribution in [2.75, 3.05) is 13.7 Å². The fraction of sp³-hybridized carbons (Fsp3) is 0.529. The van der Waals surface area contributed by atoms with E-state index in [4.69, 9.17) is 4.74 Å². The Bertz CT molecular complexity index is 492. The van der Waals surface area contributed by atoms with Gasteiger partial charge >= 0.3 is 5.97 Å². The number of hydrogen-bond acceptors (Lipinski definition) is 3. The average Bonchev–Trinajstić information content (AvgIpc) is 2.67. The number of nitrogens with zero attached hydrogens (tertiary/aromatic N) is 1. The molecule has 21 heavy (non-hydrogen) atoms. The molecule has 0 radical (unpaired) electrons. The van der Waals surface area contributed by atoms with Crippen molar-refractivity contribution in [3.63, 3.8) is 0 Å². The lowest BCUT2D eigenvalue weighted by Crippen LogP contribution is -2.37. The third kappa shape index (κ3) is 3.09. The molecule has 1 heterocycles. The van der Waals surface area contributed by atoms with Gasteiger partial charge in [-0.2, -0.15) is 0 Å². The maximum Gasteiger partial charge on any atom is 0.308 e. The van der Waals surface area contributed by atoms with E-state index in [1.54, 1.807) is 12.2 Å². The highest BCUT2D eigenvalue weighted by Gasteiger charge is 2.34. The third-order valence-corrected chi connectivity index (χ3v) is 4.54. The summed E-state index contributed by atoms with van der Waals surface area (Å²) in [5, 5.41) is 0. The lowest BCUT2D eigenvalue weighted by atomic mass is 10.0. The first kappa shape index (κ1) is 15.5. The molecule has 0 spiro atoms.